The largest absolute Gasteiger partial charge is 0.508 e. The number of aromatic hydroxyl groups is 1. The van der Waals surface area contributed by atoms with Crippen LogP contribution in [0.25, 0.3) is 0 Å². The maximum atomic E-state index is 10.1. The quantitative estimate of drug-likeness (QED) is 0.655. The van der Waals surface area contributed by atoms with E-state index in [2.05, 4.69) is 26.0 Å². The van der Waals surface area contributed by atoms with Crippen LogP contribution in [0.4, 0.5) is 0 Å². The summed E-state index contributed by atoms with van der Waals surface area (Å²) in [5, 5.41) is 10.1. The standard InChI is InChI=1S/C21H28O3/c1-5-17(14-15(2)20-8-6-7-9-21(20)22)18-10-12-19(13-11-18)24-16(3)23-4/h6-13,15-17,22H,5,14H2,1-4H3. The lowest BCUT2D eigenvalue weighted by Crippen LogP contribution is -2.13. The highest BCUT2D eigenvalue weighted by Gasteiger charge is 2.17. The second kappa shape index (κ2) is 8.74. The number of rotatable bonds is 8. The fourth-order valence-electron chi connectivity index (χ4n) is 3.05. The number of para-hydroxylation sites is 1. The molecule has 0 amide bonds. The molecule has 2 rings (SSSR count). The Labute approximate surface area is 145 Å². The highest BCUT2D eigenvalue weighted by molar-refractivity contribution is 5.35. The van der Waals surface area contributed by atoms with E-state index in [1.807, 2.05) is 37.3 Å². The molecule has 0 saturated heterocycles. The zero-order chi connectivity index (χ0) is 17.5. The molecule has 0 saturated carbocycles. The van der Waals surface area contributed by atoms with Gasteiger partial charge in [-0.1, -0.05) is 44.2 Å². The van der Waals surface area contributed by atoms with Crippen LogP contribution in [0, 0.1) is 0 Å². The van der Waals surface area contributed by atoms with Gasteiger partial charge >= 0.3 is 0 Å². The molecule has 0 bridgehead atoms. The molecular weight excluding hydrogens is 300 g/mol. The van der Waals surface area contributed by atoms with Gasteiger partial charge in [0.25, 0.3) is 0 Å². The summed E-state index contributed by atoms with van der Waals surface area (Å²) in [5.74, 6) is 1.96. The first kappa shape index (κ1) is 18.3. The third-order valence-electron chi connectivity index (χ3n) is 4.58. The van der Waals surface area contributed by atoms with Gasteiger partial charge < -0.3 is 14.6 Å². The summed E-state index contributed by atoms with van der Waals surface area (Å²) in [5.41, 5.74) is 2.32. The molecular formula is C21H28O3. The van der Waals surface area contributed by atoms with E-state index in [0.29, 0.717) is 17.6 Å². The summed E-state index contributed by atoms with van der Waals surface area (Å²) in [6.07, 6.45) is 1.81. The van der Waals surface area contributed by atoms with E-state index in [9.17, 15) is 5.11 Å². The maximum Gasteiger partial charge on any atom is 0.196 e. The fraction of sp³-hybridized carbons (Fsp3) is 0.429. The lowest BCUT2D eigenvalue weighted by molar-refractivity contribution is -0.0382. The highest BCUT2D eigenvalue weighted by Crippen LogP contribution is 2.35. The Morgan fingerprint density at radius 1 is 1.00 bits per heavy atom. The molecule has 130 valence electrons. The van der Waals surface area contributed by atoms with Crippen molar-refractivity contribution in [2.45, 2.75) is 51.7 Å². The topological polar surface area (TPSA) is 38.7 Å². The second-order valence-corrected chi connectivity index (χ2v) is 6.29. The molecule has 0 aliphatic carbocycles. The molecule has 24 heavy (non-hydrogen) atoms. The number of hydrogen-bond donors (Lipinski definition) is 1. The van der Waals surface area contributed by atoms with Crippen LogP contribution < -0.4 is 4.74 Å². The van der Waals surface area contributed by atoms with Gasteiger partial charge in [-0.3, -0.25) is 0 Å². The minimum absolute atomic E-state index is 0.251. The van der Waals surface area contributed by atoms with Crippen LogP contribution in [0.2, 0.25) is 0 Å². The SMILES string of the molecule is CCC(CC(C)c1ccccc1O)c1ccc(OC(C)OC)cc1. The molecule has 2 aromatic rings. The summed E-state index contributed by atoms with van der Waals surface area (Å²) in [4.78, 5) is 0. The van der Waals surface area contributed by atoms with Crippen molar-refractivity contribution in [2.24, 2.45) is 0 Å². The lowest BCUT2D eigenvalue weighted by Gasteiger charge is -2.21. The van der Waals surface area contributed by atoms with Gasteiger partial charge in [-0.05, 0) is 60.9 Å². The molecule has 3 heteroatoms. The first-order valence-corrected chi connectivity index (χ1v) is 8.62. The number of methoxy groups -OCH3 is 1. The average molecular weight is 328 g/mol. The van der Waals surface area contributed by atoms with E-state index in [-0.39, 0.29) is 6.29 Å². The van der Waals surface area contributed by atoms with Gasteiger partial charge in [0.2, 0.25) is 0 Å². The van der Waals surface area contributed by atoms with E-state index >= 15 is 0 Å². The summed E-state index contributed by atoms with van der Waals surface area (Å²) in [6, 6.07) is 15.9. The smallest absolute Gasteiger partial charge is 0.196 e. The van der Waals surface area contributed by atoms with Gasteiger partial charge in [-0.25, -0.2) is 0 Å². The van der Waals surface area contributed by atoms with Gasteiger partial charge in [0.05, 0.1) is 0 Å². The van der Waals surface area contributed by atoms with Gasteiger partial charge in [-0.2, -0.15) is 0 Å². The van der Waals surface area contributed by atoms with Crippen molar-refractivity contribution in [3.8, 4) is 11.5 Å². The van der Waals surface area contributed by atoms with Crippen molar-refractivity contribution in [3.63, 3.8) is 0 Å². The van der Waals surface area contributed by atoms with Crippen molar-refractivity contribution in [1.82, 2.24) is 0 Å². The van der Waals surface area contributed by atoms with E-state index in [1.165, 1.54) is 5.56 Å². The molecule has 3 nitrogen and oxygen atoms in total. The van der Waals surface area contributed by atoms with Crippen LogP contribution in [-0.4, -0.2) is 18.5 Å². The van der Waals surface area contributed by atoms with Crippen molar-refractivity contribution < 1.29 is 14.6 Å². The molecule has 0 fully saturated rings. The number of hydrogen-bond acceptors (Lipinski definition) is 3. The number of phenolic OH excluding ortho intramolecular Hbond substituents is 1. The van der Waals surface area contributed by atoms with Crippen LogP contribution in [0.5, 0.6) is 11.5 Å². The third-order valence-corrected chi connectivity index (χ3v) is 4.58. The third kappa shape index (κ3) is 4.75. The number of benzene rings is 2. The van der Waals surface area contributed by atoms with Gasteiger partial charge in [0.1, 0.15) is 11.5 Å². The summed E-state index contributed by atoms with van der Waals surface area (Å²) in [6.45, 7) is 6.26. The molecule has 2 aromatic carbocycles. The molecule has 0 heterocycles. The molecule has 0 aliphatic heterocycles. The molecule has 0 aliphatic rings. The van der Waals surface area contributed by atoms with E-state index < -0.39 is 0 Å². The Bertz CT molecular complexity index is 621. The van der Waals surface area contributed by atoms with Crippen LogP contribution in [-0.2, 0) is 4.74 Å². The second-order valence-electron chi connectivity index (χ2n) is 6.29. The Morgan fingerprint density at radius 3 is 2.25 bits per heavy atom. The zero-order valence-electron chi connectivity index (χ0n) is 15.0. The Balaban J connectivity index is 2.07. The first-order valence-electron chi connectivity index (χ1n) is 8.62. The van der Waals surface area contributed by atoms with Crippen LogP contribution in [0.15, 0.2) is 48.5 Å². The van der Waals surface area contributed by atoms with E-state index in [1.54, 1.807) is 13.2 Å². The summed E-state index contributed by atoms with van der Waals surface area (Å²) < 4.78 is 10.8. The average Bonchev–Trinajstić information content (AvgIpc) is 2.60. The van der Waals surface area contributed by atoms with Gasteiger partial charge in [0.15, 0.2) is 6.29 Å². The molecule has 3 unspecified atom stereocenters. The molecule has 0 radical (unpaired) electrons. The van der Waals surface area contributed by atoms with Crippen molar-refractivity contribution >= 4 is 0 Å². The Hall–Kier alpha value is -2.00. The van der Waals surface area contributed by atoms with Crippen molar-refractivity contribution in [2.75, 3.05) is 7.11 Å². The first-order chi connectivity index (χ1) is 11.5. The zero-order valence-corrected chi connectivity index (χ0v) is 15.0. The van der Waals surface area contributed by atoms with Crippen LogP contribution in [0.3, 0.4) is 0 Å². The monoisotopic (exact) mass is 328 g/mol. The Kier molecular flexibility index (Phi) is 6.68. The van der Waals surface area contributed by atoms with E-state index in [0.717, 1.165) is 24.2 Å². The Morgan fingerprint density at radius 2 is 1.67 bits per heavy atom. The van der Waals surface area contributed by atoms with Crippen LogP contribution in [0.1, 0.15) is 56.6 Å². The summed E-state index contributed by atoms with van der Waals surface area (Å²) >= 11 is 0. The minimum Gasteiger partial charge on any atom is -0.508 e. The van der Waals surface area contributed by atoms with Gasteiger partial charge in [-0.15, -0.1) is 0 Å². The van der Waals surface area contributed by atoms with Crippen molar-refractivity contribution in [3.05, 3.63) is 59.7 Å². The highest BCUT2D eigenvalue weighted by atomic mass is 16.7. The van der Waals surface area contributed by atoms with Gasteiger partial charge in [0, 0.05) is 7.11 Å². The maximum absolute atomic E-state index is 10.1. The molecule has 0 aromatic heterocycles. The molecule has 3 atom stereocenters. The van der Waals surface area contributed by atoms with Crippen molar-refractivity contribution in [1.29, 1.82) is 0 Å². The lowest BCUT2D eigenvalue weighted by atomic mass is 9.84. The molecule has 1 N–H and O–H groups in total. The minimum atomic E-state index is -0.251. The summed E-state index contributed by atoms with van der Waals surface area (Å²) in [7, 11) is 1.63. The predicted octanol–water partition coefficient (Wildman–Crippen LogP) is 5.45. The van der Waals surface area contributed by atoms with E-state index in [4.69, 9.17) is 9.47 Å². The van der Waals surface area contributed by atoms with Crippen LogP contribution >= 0.6 is 0 Å². The fourth-order valence-corrected chi connectivity index (χ4v) is 3.05. The number of ether oxygens (including phenoxy) is 2. The predicted molar refractivity (Wildman–Crippen MR) is 97.7 cm³/mol. The molecule has 0 spiro atoms. The normalized spacial score (nSPS) is 14.8. The number of phenols is 1.